The number of nitrogens with one attached hydrogen (secondary N) is 1. The van der Waals surface area contributed by atoms with Gasteiger partial charge in [-0.3, -0.25) is 4.79 Å². The maximum absolute atomic E-state index is 12.4. The Labute approximate surface area is 121 Å². The molecule has 3 rings (SSSR count). The van der Waals surface area contributed by atoms with Crippen molar-refractivity contribution < 1.29 is 19.4 Å². The lowest BCUT2D eigenvalue weighted by molar-refractivity contribution is 0.0699. The van der Waals surface area contributed by atoms with E-state index in [1.807, 2.05) is 0 Å². The average Bonchev–Trinajstić information content (AvgIpc) is 2.98. The molecule has 1 unspecified atom stereocenters. The van der Waals surface area contributed by atoms with Crippen LogP contribution in [0.1, 0.15) is 27.1 Å². The Bertz CT molecular complexity index is 699. The van der Waals surface area contributed by atoms with Crippen LogP contribution in [0.15, 0.2) is 36.4 Å². The molecule has 1 aliphatic heterocycles. The highest BCUT2D eigenvalue weighted by atomic mass is 16.5. The van der Waals surface area contributed by atoms with E-state index in [1.54, 1.807) is 30.3 Å². The molecule has 0 spiro atoms. The third-order valence-electron chi connectivity index (χ3n) is 3.64. The summed E-state index contributed by atoms with van der Waals surface area (Å²) in [6, 6.07) is 10.2. The van der Waals surface area contributed by atoms with E-state index in [0.717, 1.165) is 11.8 Å². The van der Waals surface area contributed by atoms with Crippen molar-refractivity contribution in [1.29, 1.82) is 0 Å². The minimum atomic E-state index is -1.04. The minimum absolute atomic E-state index is 0.00949. The summed E-state index contributed by atoms with van der Waals surface area (Å²) in [5, 5.41) is 13.4. The first-order valence-electron chi connectivity index (χ1n) is 6.80. The van der Waals surface area contributed by atoms with Gasteiger partial charge in [-0.25, -0.2) is 4.79 Å². The number of carboxylic acids is 1. The van der Waals surface area contributed by atoms with Gasteiger partial charge in [0.2, 0.25) is 0 Å². The number of amides is 1. The van der Waals surface area contributed by atoms with Crippen molar-refractivity contribution in [1.82, 2.24) is 5.32 Å². The lowest BCUT2D eigenvalue weighted by Gasteiger charge is -2.13. The fraction of sp³-hybridized carbons (Fsp3) is 0.250. The van der Waals surface area contributed by atoms with Crippen LogP contribution >= 0.6 is 0 Å². The Hall–Kier alpha value is -2.40. The molecule has 108 valence electrons. The summed E-state index contributed by atoms with van der Waals surface area (Å²) in [7, 11) is 0. The molecule has 2 aromatic carbocycles. The zero-order chi connectivity index (χ0) is 14.8. The van der Waals surface area contributed by atoms with Crippen LogP contribution < -0.4 is 5.32 Å². The molecule has 0 aromatic heterocycles. The van der Waals surface area contributed by atoms with Crippen molar-refractivity contribution in [3.63, 3.8) is 0 Å². The number of fused-ring (bicyclic) bond motifs is 1. The predicted molar refractivity (Wildman–Crippen MR) is 77.6 cm³/mol. The molecule has 1 aliphatic rings. The third-order valence-corrected chi connectivity index (χ3v) is 3.64. The summed E-state index contributed by atoms with van der Waals surface area (Å²) in [6.45, 7) is 1.14. The van der Waals surface area contributed by atoms with Crippen molar-refractivity contribution in [3.8, 4) is 0 Å². The fourth-order valence-electron chi connectivity index (χ4n) is 2.62. The van der Waals surface area contributed by atoms with Crippen LogP contribution in [0.4, 0.5) is 0 Å². The zero-order valence-electron chi connectivity index (χ0n) is 11.3. The first-order chi connectivity index (χ1) is 10.2. The van der Waals surface area contributed by atoms with Gasteiger partial charge < -0.3 is 15.2 Å². The molecule has 1 heterocycles. The molecule has 2 N–H and O–H groups in total. The van der Waals surface area contributed by atoms with Crippen LogP contribution in [0.2, 0.25) is 0 Å². The minimum Gasteiger partial charge on any atom is -0.478 e. The quantitative estimate of drug-likeness (QED) is 0.905. The lowest BCUT2D eigenvalue weighted by atomic mass is 9.98. The summed E-state index contributed by atoms with van der Waals surface area (Å²) in [6.07, 6.45) is 0.780. The van der Waals surface area contributed by atoms with Crippen LogP contribution in [0.5, 0.6) is 0 Å². The van der Waals surface area contributed by atoms with Crippen LogP contribution in [-0.2, 0) is 4.74 Å². The number of rotatable bonds is 3. The van der Waals surface area contributed by atoms with Gasteiger partial charge in [-0.2, -0.15) is 0 Å². The van der Waals surface area contributed by atoms with E-state index in [1.165, 1.54) is 6.07 Å². The number of aromatic carboxylic acids is 1. The van der Waals surface area contributed by atoms with E-state index < -0.39 is 5.97 Å². The number of carbonyl (C=O) groups is 2. The first kappa shape index (κ1) is 13.6. The topological polar surface area (TPSA) is 75.6 Å². The Morgan fingerprint density at radius 2 is 1.86 bits per heavy atom. The second-order valence-corrected chi connectivity index (χ2v) is 5.05. The number of carboxylic acid groups (broad SMARTS) is 1. The first-order valence-corrected chi connectivity index (χ1v) is 6.80. The number of benzene rings is 2. The Morgan fingerprint density at radius 1 is 1.14 bits per heavy atom. The molecule has 5 heteroatoms. The molecular weight excluding hydrogens is 270 g/mol. The van der Waals surface area contributed by atoms with Gasteiger partial charge in [0.05, 0.1) is 18.2 Å². The van der Waals surface area contributed by atoms with E-state index in [2.05, 4.69) is 5.32 Å². The monoisotopic (exact) mass is 285 g/mol. The SMILES string of the molecule is O=C(O)c1cccc2cccc(C(=O)NC3CCOC3)c12. The Morgan fingerprint density at radius 3 is 2.48 bits per heavy atom. The molecular formula is C16H15NO4. The number of carbonyl (C=O) groups excluding carboxylic acids is 1. The van der Waals surface area contributed by atoms with Crippen molar-refractivity contribution >= 4 is 22.6 Å². The highest BCUT2D eigenvalue weighted by Gasteiger charge is 2.21. The lowest BCUT2D eigenvalue weighted by Crippen LogP contribution is -2.35. The second kappa shape index (κ2) is 5.54. The van der Waals surface area contributed by atoms with Gasteiger partial charge in [0.15, 0.2) is 0 Å². The summed E-state index contributed by atoms with van der Waals surface area (Å²) in [5.41, 5.74) is 0.526. The van der Waals surface area contributed by atoms with Crippen LogP contribution in [0.3, 0.4) is 0 Å². The van der Waals surface area contributed by atoms with Crippen molar-refractivity contribution in [2.45, 2.75) is 12.5 Å². The highest BCUT2D eigenvalue weighted by Crippen LogP contribution is 2.23. The number of ether oxygens (including phenoxy) is 1. The van der Waals surface area contributed by atoms with Gasteiger partial charge in [0.1, 0.15) is 0 Å². The highest BCUT2D eigenvalue weighted by molar-refractivity contribution is 6.14. The van der Waals surface area contributed by atoms with Gasteiger partial charge >= 0.3 is 5.97 Å². The zero-order valence-corrected chi connectivity index (χ0v) is 11.3. The van der Waals surface area contributed by atoms with Gasteiger partial charge in [0, 0.05) is 17.6 Å². The molecule has 1 saturated heterocycles. The second-order valence-electron chi connectivity index (χ2n) is 5.05. The molecule has 2 aromatic rings. The summed E-state index contributed by atoms with van der Waals surface area (Å²) in [4.78, 5) is 23.8. The van der Waals surface area contributed by atoms with Crippen LogP contribution in [-0.4, -0.2) is 36.2 Å². The van der Waals surface area contributed by atoms with Gasteiger partial charge in [-0.05, 0) is 23.9 Å². The number of hydrogen-bond donors (Lipinski definition) is 2. The maximum Gasteiger partial charge on any atom is 0.336 e. The molecule has 1 amide bonds. The summed E-state index contributed by atoms with van der Waals surface area (Å²) >= 11 is 0. The van der Waals surface area contributed by atoms with Gasteiger partial charge in [-0.15, -0.1) is 0 Å². The normalized spacial score (nSPS) is 17.8. The third kappa shape index (κ3) is 2.60. The van der Waals surface area contributed by atoms with Crippen molar-refractivity contribution in [2.75, 3.05) is 13.2 Å². The van der Waals surface area contributed by atoms with Crippen molar-refractivity contribution in [3.05, 3.63) is 47.5 Å². The maximum atomic E-state index is 12.4. The van der Waals surface area contributed by atoms with E-state index in [4.69, 9.17) is 4.74 Å². The van der Waals surface area contributed by atoms with Crippen molar-refractivity contribution in [2.24, 2.45) is 0 Å². The molecule has 0 bridgehead atoms. The molecule has 0 radical (unpaired) electrons. The van der Waals surface area contributed by atoms with Gasteiger partial charge in [0.25, 0.3) is 5.91 Å². The molecule has 5 nitrogen and oxygen atoms in total. The smallest absolute Gasteiger partial charge is 0.336 e. The Kier molecular flexibility index (Phi) is 3.58. The van der Waals surface area contributed by atoms with Crippen LogP contribution in [0.25, 0.3) is 10.8 Å². The fourth-order valence-corrected chi connectivity index (χ4v) is 2.62. The van der Waals surface area contributed by atoms with E-state index in [0.29, 0.717) is 24.2 Å². The molecule has 1 atom stereocenters. The van der Waals surface area contributed by atoms with Gasteiger partial charge in [-0.1, -0.05) is 24.3 Å². The van der Waals surface area contributed by atoms with E-state index >= 15 is 0 Å². The summed E-state index contributed by atoms with van der Waals surface area (Å²) in [5.74, 6) is -1.30. The molecule has 21 heavy (non-hydrogen) atoms. The number of hydrogen-bond acceptors (Lipinski definition) is 3. The Balaban J connectivity index is 2.04. The molecule has 0 saturated carbocycles. The standard InChI is InChI=1S/C16H15NO4/c18-15(17-11-7-8-21-9-11)12-5-1-3-10-4-2-6-13(14(10)12)16(19)20/h1-6,11H,7-9H2,(H,17,18)(H,19,20). The molecule has 1 fully saturated rings. The largest absolute Gasteiger partial charge is 0.478 e. The van der Waals surface area contributed by atoms with E-state index in [-0.39, 0.29) is 17.5 Å². The summed E-state index contributed by atoms with van der Waals surface area (Å²) < 4.78 is 5.23. The average molecular weight is 285 g/mol. The predicted octanol–water partition coefficient (Wildman–Crippen LogP) is 2.06. The van der Waals surface area contributed by atoms with E-state index in [9.17, 15) is 14.7 Å². The van der Waals surface area contributed by atoms with Crippen LogP contribution in [0, 0.1) is 0 Å². The molecule has 0 aliphatic carbocycles.